The first-order valence-corrected chi connectivity index (χ1v) is 9.84. The number of fused-ring (bicyclic) bond motifs is 8. The van der Waals surface area contributed by atoms with Crippen molar-refractivity contribution in [1.82, 2.24) is 4.90 Å². The fraction of sp³-hybridized carbons (Fsp3) is 0.304. The van der Waals surface area contributed by atoms with Gasteiger partial charge in [0.2, 0.25) is 13.6 Å². The van der Waals surface area contributed by atoms with Gasteiger partial charge in [0.25, 0.3) is 0 Å². The van der Waals surface area contributed by atoms with E-state index in [9.17, 15) is 0 Å². The van der Waals surface area contributed by atoms with Gasteiger partial charge in [-0.2, -0.15) is 0 Å². The molecule has 5 heteroatoms. The molecular weight excluding hydrogens is 354 g/mol. The Kier molecular flexibility index (Phi) is 2.86. The van der Waals surface area contributed by atoms with Gasteiger partial charge in [-0.25, -0.2) is 0 Å². The standard InChI is InChI=1S/C23H19NO4/c1-2-14-6-20-22(27-11-25-20)8-16(14)18-10-24-4-3-15-7-21-23(28-12-26-21)9-17(15)19(24)5-13(1)18/h1-2,6-9,19H,3-5,10-12H2/t19-/m0/s1. The molecule has 4 aliphatic rings. The van der Waals surface area contributed by atoms with Crippen LogP contribution in [-0.2, 0) is 19.4 Å². The Hall–Kier alpha value is -2.92. The van der Waals surface area contributed by atoms with E-state index in [1.807, 2.05) is 0 Å². The minimum atomic E-state index is 0.314. The van der Waals surface area contributed by atoms with Crippen LogP contribution in [0.3, 0.4) is 0 Å². The third-order valence-corrected chi connectivity index (χ3v) is 6.60. The van der Waals surface area contributed by atoms with Gasteiger partial charge in [0, 0.05) is 19.1 Å². The molecule has 0 amide bonds. The van der Waals surface area contributed by atoms with E-state index in [0.29, 0.717) is 19.6 Å². The van der Waals surface area contributed by atoms with Crippen LogP contribution >= 0.6 is 0 Å². The molecule has 0 N–H and O–H groups in total. The van der Waals surface area contributed by atoms with Crippen molar-refractivity contribution in [3.8, 4) is 23.0 Å². The summed E-state index contributed by atoms with van der Waals surface area (Å²) in [6.07, 6.45) is 2.07. The molecule has 0 aliphatic carbocycles. The second kappa shape index (κ2) is 5.32. The maximum absolute atomic E-state index is 5.65. The molecule has 4 aliphatic heterocycles. The molecular formula is C23H19NO4. The quantitative estimate of drug-likeness (QED) is 0.597. The third kappa shape index (κ3) is 2.00. The van der Waals surface area contributed by atoms with Crippen LogP contribution in [0.15, 0.2) is 36.4 Å². The SMILES string of the molecule is c1cc2cc3c(cc2c2c1C[C@H]1c4cc5c(cc4CCN1C2)OCO5)OCO3. The maximum atomic E-state index is 5.65. The molecule has 0 saturated carbocycles. The molecule has 4 heterocycles. The van der Waals surface area contributed by atoms with E-state index >= 15 is 0 Å². The highest BCUT2D eigenvalue weighted by Crippen LogP contribution is 2.46. The lowest BCUT2D eigenvalue weighted by Crippen LogP contribution is -2.39. The van der Waals surface area contributed by atoms with E-state index in [1.54, 1.807) is 0 Å². The number of benzene rings is 3. The van der Waals surface area contributed by atoms with Crippen LogP contribution in [-0.4, -0.2) is 25.0 Å². The number of ether oxygens (including phenoxy) is 4. The Morgan fingerprint density at radius 1 is 0.786 bits per heavy atom. The Morgan fingerprint density at radius 2 is 1.54 bits per heavy atom. The minimum Gasteiger partial charge on any atom is -0.454 e. The molecule has 0 saturated heterocycles. The Labute approximate surface area is 162 Å². The number of nitrogens with zero attached hydrogens (tertiary/aromatic N) is 1. The van der Waals surface area contributed by atoms with Gasteiger partial charge in [0.1, 0.15) is 0 Å². The van der Waals surface area contributed by atoms with Crippen LogP contribution in [0, 0.1) is 0 Å². The summed E-state index contributed by atoms with van der Waals surface area (Å²) in [6, 6.07) is 13.6. The smallest absolute Gasteiger partial charge is 0.231 e. The lowest BCUT2D eigenvalue weighted by Gasteiger charge is -2.41. The molecule has 0 aromatic heterocycles. The second-order valence-corrected chi connectivity index (χ2v) is 7.97. The van der Waals surface area contributed by atoms with Crippen LogP contribution in [0.4, 0.5) is 0 Å². The van der Waals surface area contributed by atoms with Gasteiger partial charge in [-0.15, -0.1) is 0 Å². The van der Waals surface area contributed by atoms with Crippen LogP contribution in [0.1, 0.15) is 28.3 Å². The van der Waals surface area contributed by atoms with E-state index in [1.165, 1.54) is 33.0 Å². The van der Waals surface area contributed by atoms with Crippen LogP contribution < -0.4 is 18.9 Å². The molecule has 140 valence electrons. The zero-order valence-electron chi connectivity index (χ0n) is 15.4. The summed E-state index contributed by atoms with van der Waals surface area (Å²) in [5.74, 6) is 3.49. The maximum Gasteiger partial charge on any atom is 0.231 e. The van der Waals surface area contributed by atoms with Gasteiger partial charge in [-0.05, 0) is 70.1 Å². The minimum absolute atomic E-state index is 0.314. The van der Waals surface area contributed by atoms with Crippen LogP contribution in [0.25, 0.3) is 10.8 Å². The first kappa shape index (κ1) is 15.1. The second-order valence-electron chi connectivity index (χ2n) is 7.97. The summed E-state index contributed by atoms with van der Waals surface area (Å²) >= 11 is 0. The molecule has 0 unspecified atom stereocenters. The lowest BCUT2D eigenvalue weighted by molar-refractivity contribution is 0.161. The average Bonchev–Trinajstić information content (AvgIpc) is 3.37. The van der Waals surface area contributed by atoms with Gasteiger partial charge in [0.15, 0.2) is 23.0 Å². The topological polar surface area (TPSA) is 40.2 Å². The molecule has 0 bridgehead atoms. The normalized spacial score (nSPS) is 21.4. The molecule has 0 fully saturated rings. The van der Waals surface area contributed by atoms with Crippen molar-refractivity contribution in [2.24, 2.45) is 0 Å². The summed E-state index contributed by atoms with van der Waals surface area (Å²) in [5, 5.41) is 2.51. The fourth-order valence-corrected chi connectivity index (χ4v) is 5.18. The van der Waals surface area contributed by atoms with Crippen molar-refractivity contribution in [3.05, 3.63) is 58.7 Å². The van der Waals surface area contributed by atoms with Crippen LogP contribution in [0.2, 0.25) is 0 Å². The molecule has 0 radical (unpaired) electrons. The predicted octanol–water partition coefficient (Wildman–Crippen LogP) is 3.95. The average molecular weight is 373 g/mol. The van der Waals surface area contributed by atoms with E-state index in [-0.39, 0.29) is 0 Å². The summed E-state index contributed by atoms with van der Waals surface area (Å²) in [7, 11) is 0. The van der Waals surface area contributed by atoms with Crippen molar-refractivity contribution in [2.45, 2.75) is 25.4 Å². The summed E-state index contributed by atoms with van der Waals surface area (Å²) in [4.78, 5) is 2.61. The van der Waals surface area contributed by atoms with Gasteiger partial charge < -0.3 is 18.9 Å². The van der Waals surface area contributed by atoms with Crippen molar-refractivity contribution in [2.75, 3.05) is 20.1 Å². The van der Waals surface area contributed by atoms with Gasteiger partial charge in [-0.1, -0.05) is 12.1 Å². The Bertz CT molecular complexity index is 1160. The molecule has 1 atom stereocenters. The molecule has 28 heavy (non-hydrogen) atoms. The van der Waals surface area contributed by atoms with E-state index in [4.69, 9.17) is 18.9 Å². The number of hydrogen-bond donors (Lipinski definition) is 0. The van der Waals surface area contributed by atoms with Crippen molar-refractivity contribution >= 4 is 10.8 Å². The van der Waals surface area contributed by atoms with Gasteiger partial charge in [0.05, 0.1) is 0 Å². The third-order valence-electron chi connectivity index (χ3n) is 6.60. The zero-order valence-corrected chi connectivity index (χ0v) is 15.4. The largest absolute Gasteiger partial charge is 0.454 e. The first-order valence-electron chi connectivity index (χ1n) is 9.84. The molecule has 7 rings (SSSR count). The molecule has 5 nitrogen and oxygen atoms in total. The van der Waals surface area contributed by atoms with Gasteiger partial charge in [-0.3, -0.25) is 4.90 Å². The summed E-state index contributed by atoms with van der Waals surface area (Å²) < 4.78 is 22.4. The fourth-order valence-electron chi connectivity index (χ4n) is 5.18. The monoisotopic (exact) mass is 373 g/mol. The Balaban J connectivity index is 1.35. The molecule has 0 spiro atoms. The lowest BCUT2D eigenvalue weighted by atomic mass is 9.82. The van der Waals surface area contributed by atoms with E-state index in [2.05, 4.69) is 41.3 Å². The highest BCUT2D eigenvalue weighted by molar-refractivity contribution is 5.90. The molecule has 3 aromatic carbocycles. The van der Waals surface area contributed by atoms with Crippen molar-refractivity contribution < 1.29 is 18.9 Å². The number of rotatable bonds is 0. The van der Waals surface area contributed by atoms with E-state index < -0.39 is 0 Å². The number of hydrogen-bond acceptors (Lipinski definition) is 5. The predicted molar refractivity (Wildman–Crippen MR) is 103 cm³/mol. The zero-order chi connectivity index (χ0) is 18.2. The van der Waals surface area contributed by atoms with Crippen molar-refractivity contribution in [1.29, 1.82) is 0 Å². The summed E-state index contributed by atoms with van der Waals surface area (Å²) in [5.41, 5.74) is 5.65. The summed E-state index contributed by atoms with van der Waals surface area (Å²) in [6.45, 7) is 2.68. The molecule has 3 aromatic rings. The van der Waals surface area contributed by atoms with Crippen LogP contribution in [0.5, 0.6) is 23.0 Å². The Morgan fingerprint density at radius 3 is 2.39 bits per heavy atom. The highest BCUT2D eigenvalue weighted by atomic mass is 16.7. The first-order chi connectivity index (χ1) is 13.8. The van der Waals surface area contributed by atoms with E-state index in [0.717, 1.165) is 48.9 Å². The van der Waals surface area contributed by atoms with Gasteiger partial charge >= 0.3 is 0 Å². The highest BCUT2D eigenvalue weighted by Gasteiger charge is 2.34. The van der Waals surface area contributed by atoms with Crippen molar-refractivity contribution in [3.63, 3.8) is 0 Å².